The van der Waals surface area contributed by atoms with Gasteiger partial charge < -0.3 is 14.1 Å². The Kier molecular flexibility index (Phi) is 5.51. The number of ether oxygens (including phenoxy) is 1. The highest BCUT2D eigenvalue weighted by atomic mass is 35.5. The van der Waals surface area contributed by atoms with Crippen LogP contribution < -0.4 is 0 Å². The van der Waals surface area contributed by atoms with E-state index >= 15 is 0 Å². The van der Waals surface area contributed by atoms with Gasteiger partial charge in [-0.2, -0.15) is 0 Å². The number of halogens is 1. The third kappa shape index (κ3) is 3.75. The number of rotatable bonds is 6. The summed E-state index contributed by atoms with van der Waals surface area (Å²) in [6.45, 7) is 2.82. The van der Waals surface area contributed by atoms with Crippen molar-refractivity contribution in [2.24, 2.45) is 0 Å². The predicted molar refractivity (Wildman–Crippen MR) is 66.6 cm³/mol. The lowest BCUT2D eigenvalue weighted by molar-refractivity contribution is 0.0779. The molecule has 0 spiro atoms. The second kappa shape index (κ2) is 6.67. The van der Waals surface area contributed by atoms with Gasteiger partial charge in [0.05, 0.1) is 23.8 Å². The summed E-state index contributed by atoms with van der Waals surface area (Å²) in [6, 6.07) is 1.69. The van der Waals surface area contributed by atoms with Crippen molar-refractivity contribution in [3.8, 4) is 0 Å². The second-order valence-electron chi connectivity index (χ2n) is 3.85. The summed E-state index contributed by atoms with van der Waals surface area (Å²) in [6.07, 6.45) is 2.23. The SMILES string of the molecule is CCc1occc1C(=O)N(C)CC(Cl)COC. The predicted octanol–water partition coefficient (Wildman–Crippen LogP) is 2.17. The first-order valence-corrected chi connectivity index (χ1v) is 5.98. The first kappa shape index (κ1) is 14.1. The highest BCUT2D eigenvalue weighted by Crippen LogP contribution is 2.14. The van der Waals surface area contributed by atoms with E-state index in [2.05, 4.69) is 0 Å². The first-order chi connectivity index (χ1) is 8.10. The zero-order valence-corrected chi connectivity index (χ0v) is 11.2. The Morgan fingerprint density at radius 1 is 1.65 bits per heavy atom. The van der Waals surface area contributed by atoms with E-state index in [9.17, 15) is 4.79 Å². The normalized spacial score (nSPS) is 12.5. The number of aryl methyl sites for hydroxylation is 1. The molecule has 1 heterocycles. The van der Waals surface area contributed by atoms with Crippen LogP contribution in [0.15, 0.2) is 16.7 Å². The van der Waals surface area contributed by atoms with Crippen LogP contribution in [0.4, 0.5) is 0 Å². The first-order valence-electron chi connectivity index (χ1n) is 5.55. The van der Waals surface area contributed by atoms with Gasteiger partial charge in [0.25, 0.3) is 5.91 Å². The van der Waals surface area contributed by atoms with Gasteiger partial charge in [0, 0.05) is 27.1 Å². The van der Waals surface area contributed by atoms with E-state index < -0.39 is 0 Å². The number of carbonyl (C=O) groups is 1. The average molecular weight is 260 g/mol. The van der Waals surface area contributed by atoms with Gasteiger partial charge >= 0.3 is 0 Å². The molecule has 1 atom stereocenters. The topological polar surface area (TPSA) is 42.7 Å². The lowest BCUT2D eigenvalue weighted by Crippen LogP contribution is -2.34. The van der Waals surface area contributed by atoms with E-state index in [1.807, 2.05) is 6.92 Å². The Morgan fingerprint density at radius 3 is 2.94 bits per heavy atom. The molecule has 1 unspecified atom stereocenters. The number of alkyl halides is 1. The van der Waals surface area contributed by atoms with Gasteiger partial charge in [-0.1, -0.05) is 6.92 Å². The lowest BCUT2D eigenvalue weighted by Gasteiger charge is -2.19. The van der Waals surface area contributed by atoms with Crippen LogP contribution >= 0.6 is 11.6 Å². The maximum absolute atomic E-state index is 12.1. The van der Waals surface area contributed by atoms with Crippen LogP contribution in [0.3, 0.4) is 0 Å². The summed E-state index contributed by atoms with van der Waals surface area (Å²) in [5.41, 5.74) is 0.608. The molecular formula is C12H18ClNO3. The number of methoxy groups -OCH3 is 1. The molecule has 4 nitrogen and oxygen atoms in total. The molecule has 1 aromatic rings. The maximum atomic E-state index is 12.1. The average Bonchev–Trinajstić information content (AvgIpc) is 2.76. The van der Waals surface area contributed by atoms with Crippen LogP contribution in [0.5, 0.6) is 0 Å². The highest BCUT2D eigenvalue weighted by molar-refractivity contribution is 6.21. The van der Waals surface area contributed by atoms with Crippen molar-refractivity contribution in [3.05, 3.63) is 23.7 Å². The van der Waals surface area contributed by atoms with Crippen molar-refractivity contribution in [2.45, 2.75) is 18.7 Å². The molecule has 0 aliphatic heterocycles. The number of amides is 1. The molecule has 0 radical (unpaired) electrons. The Morgan fingerprint density at radius 2 is 2.35 bits per heavy atom. The van der Waals surface area contributed by atoms with E-state index in [0.717, 1.165) is 0 Å². The number of carbonyl (C=O) groups excluding carboxylic acids is 1. The third-order valence-electron chi connectivity index (χ3n) is 2.46. The number of hydrogen-bond acceptors (Lipinski definition) is 3. The Balaban J connectivity index is 2.63. The Bertz CT molecular complexity index is 364. The molecule has 0 saturated heterocycles. The van der Waals surface area contributed by atoms with Crippen LogP contribution in [0.1, 0.15) is 23.0 Å². The molecule has 1 aromatic heterocycles. The van der Waals surface area contributed by atoms with Crippen molar-refractivity contribution in [1.29, 1.82) is 0 Å². The van der Waals surface area contributed by atoms with Crippen LogP contribution in [-0.4, -0.2) is 43.5 Å². The van der Waals surface area contributed by atoms with Crippen LogP contribution in [0.25, 0.3) is 0 Å². The van der Waals surface area contributed by atoms with Crippen LogP contribution in [-0.2, 0) is 11.2 Å². The van der Waals surface area contributed by atoms with Crippen LogP contribution in [0.2, 0.25) is 0 Å². The maximum Gasteiger partial charge on any atom is 0.257 e. The fraction of sp³-hybridized carbons (Fsp3) is 0.583. The summed E-state index contributed by atoms with van der Waals surface area (Å²) in [5.74, 6) is 0.636. The van der Waals surface area contributed by atoms with Crippen molar-refractivity contribution >= 4 is 17.5 Å². The molecule has 0 N–H and O–H groups in total. The molecule has 0 fully saturated rings. The minimum absolute atomic E-state index is 0.0719. The monoisotopic (exact) mass is 259 g/mol. The third-order valence-corrected chi connectivity index (χ3v) is 2.73. The van der Waals surface area contributed by atoms with E-state index in [0.29, 0.717) is 30.9 Å². The molecule has 1 rings (SSSR count). The fourth-order valence-corrected chi connectivity index (χ4v) is 1.96. The van der Waals surface area contributed by atoms with E-state index in [4.69, 9.17) is 20.8 Å². The van der Waals surface area contributed by atoms with Gasteiger partial charge in [-0.05, 0) is 6.07 Å². The quantitative estimate of drug-likeness (QED) is 0.736. The lowest BCUT2D eigenvalue weighted by atomic mass is 10.2. The standard InChI is InChI=1S/C12H18ClNO3/c1-4-11-10(5-6-17-11)12(15)14(2)7-9(13)8-16-3/h5-6,9H,4,7-8H2,1-3H3. The molecule has 0 saturated carbocycles. The molecule has 17 heavy (non-hydrogen) atoms. The summed E-state index contributed by atoms with van der Waals surface area (Å²) in [7, 11) is 3.31. The molecule has 96 valence electrons. The zero-order chi connectivity index (χ0) is 12.8. The van der Waals surface area contributed by atoms with Gasteiger partial charge in [0.2, 0.25) is 0 Å². The van der Waals surface area contributed by atoms with Gasteiger partial charge in [-0.15, -0.1) is 11.6 Å². The Labute approximate surface area is 106 Å². The number of nitrogens with zero attached hydrogens (tertiary/aromatic N) is 1. The number of furan rings is 1. The van der Waals surface area contributed by atoms with Gasteiger partial charge in [-0.3, -0.25) is 4.79 Å². The molecule has 0 bridgehead atoms. The summed E-state index contributed by atoms with van der Waals surface area (Å²) in [4.78, 5) is 13.7. The van der Waals surface area contributed by atoms with Crippen LogP contribution in [0, 0.1) is 0 Å². The molecular weight excluding hydrogens is 242 g/mol. The summed E-state index contributed by atoms with van der Waals surface area (Å²) in [5, 5.41) is -0.203. The fourth-order valence-electron chi connectivity index (χ4n) is 1.62. The van der Waals surface area contributed by atoms with Crippen molar-refractivity contribution in [1.82, 2.24) is 4.90 Å². The summed E-state index contributed by atoms with van der Waals surface area (Å²) < 4.78 is 10.2. The minimum atomic E-state index is -0.203. The number of hydrogen-bond donors (Lipinski definition) is 0. The van der Waals surface area contributed by atoms with Crippen molar-refractivity contribution in [3.63, 3.8) is 0 Å². The van der Waals surface area contributed by atoms with Crippen molar-refractivity contribution < 1.29 is 13.9 Å². The van der Waals surface area contributed by atoms with Crippen molar-refractivity contribution in [2.75, 3.05) is 27.3 Å². The van der Waals surface area contributed by atoms with Gasteiger partial charge in [-0.25, -0.2) is 0 Å². The smallest absolute Gasteiger partial charge is 0.257 e. The molecule has 1 amide bonds. The van der Waals surface area contributed by atoms with E-state index in [1.54, 1.807) is 25.1 Å². The Hall–Kier alpha value is -1.00. The van der Waals surface area contributed by atoms with Gasteiger partial charge in [0.1, 0.15) is 5.76 Å². The second-order valence-corrected chi connectivity index (χ2v) is 4.47. The highest BCUT2D eigenvalue weighted by Gasteiger charge is 2.19. The summed E-state index contributed by atoms with van der Waals surface area (Å²) >= 11 is 6.01. The van der Waals surface area contributed by atoms with E-state index in [1.165, 1.54) is 6.26 Å². The molecule has 0 aliphatic carbocycles. The molecule has 0 aromatic carbocycles. The molecule has 0 aliphatic rings. The minimum Gasteiger partial charge on any atom is -0.469 e. The van der Waals surface area contributed by atoms with E-state index in [-0.39, 0.29) is 11.3 Å². The largest absolute Gasteiger partial charge is 0.469 e. The molecule has 5 heteroatoms. The van der Waals surface area contributed by atoms with Gasteiger partial charge in [0.15, 0.2) is 0 Å². The zero-order valence-electron chi connectivity index (χ0n) is 10.4.